The second-order valence-corrected chi connectivity index (χ2v) is 6.04. The van der Waals surface area contributed by atoms with Crippen LogP contribution in [-0.4, -0.2) is 23.9 Å². The summed E-state index contributed by atoms with van der Waals surface area (Å²) in [6.45, 7) is 6.29. The highest BCUT2D eigenvalue weighted by Crippen LogP contribution is 2.30. The van der Waals surface area contributed by atoms with E-state index >= 15 is 0 Å². The molecule has 19 heavy (non-hydrogen) atoms. The van der Waals surface area contributed by atoms with Gasteiger partial charge < -0.3 is 10.6 Å². The number of carbonyl (C=O) groups is 1. The van der Waals surface area contributed by atoms with Gasteiger partial charge in [0.05, 0.1) is 15.7 Å². The summed E-state index contributed by atoms with van der Waals surface area (Å²) in [5.74, 6) is 0.433. The van der Waals surface area contributed by atoms with Crippen LogP contribution in [0.1, 0.15) is 37.6 Å². The maximum atomic E-state index is 12.4. The van der Waals surface area contributed by atoms with Gasteiger partial charge in [-0.2, -0.15) is 0 Å². The van der Waals surface area contributed by atoms with Crippen molar-refractivity contribution in [3.8, 4) is 0 Å². The number of amides is 1. The molecule has 0 heterocycles. The van der Waals surface area contributed by atoms with Crippen molar-refractivity contribution in [2.75, 3.05) is 12.8 Å². The summed E-state index contributed by atoms with van der Waals surface area (Å²) in [5.41, 5.74) is 6.51. The fraction of sp³-hybridized carbons (Fsp3) is 0.500. The fourth-order valence-corrected chi connectivity index (χ4v) is 2.31. The molecule has 0 bridgehead atoms. The van der Waals surface area contributed by atoms with Crippen LogP contribution in [0.4, 0.5) is 5.69 Å². The summed E-state index contributed by atoms with van der Waals surface area (Å²) < 4.78 is 0. The van der Waals surface area contributed by atoms with Gasteiger partial charge in [0.25, 0.3) is 5.91 Å². The van der Waals surface area contributed by atoms with Gasteiger partial charge in [0.1, 0.15) is 0 Å². The lowest BCUT2D eigenvalue weighted by atomic mass is 10.0. The van der Waals surface area contributed by atoms with E-state index in [-0.39, 0.29) is 17.0 Å². The number of halogens is 2. The monoisotopic (exact) mass is 302 g/mol. The number of benzene rings is 1. The van der Waals surface area contributed by atoms with Crippen LogP contribution in [0.25, 0.3) is 0 Å². The average molecular weight is 303 g/mol. The van der Waals surface area contributed by atoms with Gasteiger partial charge in [0.2, 0.25) is 0 Å². The van der Waals surface area contributed by atoms with E-state index in [0.717, 1.165) is 6.42 Å². The molecule has 0 aromatic heterocycles. The van der Waals surface area contributed by atoms with Crippen LogP contribution in [0.3, 0.4) is 0 Å². The van der Waals surface area contributed by atoms with Crippen LogP contribution in [0.5, 0.6) is 0 Å². The second kappa shape index (κ2) is 6.49. The highest BCUT2D eigenvalue weighted by atomic mass is 35.5. The van der Waals surface area contributed by atoms with Crippen LogP contribution >= 0.6 is 23.2 Å². The predicted octanol–water partition coefficient (Wildman–Crippen LogP) is 4.08. The first kappa shape index (κ1) is 16.1. The van der Waals surface area contributed by atoms with Gasteiger partial charge >= 0.3 is 0 Å². The minimum Gasteiger partial charge on any atom is -0.397 e. The molecular formula is C14H20Cl2N2O. The molecule has 5 heteroatoms. The first-order valence-corrected chi connectivity index (χ1v) is 7.01. The first-order valence-electron chi connectivity index (χ1n) is 6.25. The maximum absolute atomic E-state index is 12.4. The van der Waals surface area contributed by atoms with E-state index in [1.807, 2.05) is 6.92 Å². The minimum atomic E-state index is -0.0987. The maximum Gasteiger partial charge on any atom is 0.253 e. The van der Waals surface area contributed by atoms with Crippen molar-refractivity contribution in [1.29, 1.82) is 0 Å². The van der Waals surface area contributed by atoms with Crippen LogP contribution in [0, 0.1) is 5.92 Å². The van der Waals surface area contributed by atoms with Gasteiger partial charge in [-0.25, -0.2) is 0 Å². The number of anilines is 1. The minimum absolute atomic E-state index is 0.0987. The normalized spacial score (nSPS) is 12.6. The number of nitrogens with zero attached hydrogens (tertiary/aromatic N) is 1. The second-order valence-electron chi connectivity index (χ2n) is 5.26. The van der Waals surface area contributed by atoms with Crippen LogP contribution < -0.4 is 5.73 Å². The predicted molar refractivity (Wildman–Crippen MR) is 81.9 cm³/mol. The Morgan fingerprint density at radius 3 is 2.37 bits per heavy atom. The van der Waals surface area contributed by atoms with E-state index in [1.165, 1.54) is 0 Å². The fourth-order valence-electron chi connectivity index (χ4n) is 1.98. The van der Waals surface area contributed by atoms with Gasteiger partial charge in [-0.15, -0.1) is 0 Å². The topological polar surface area (TPSA) is 46.3 Å². The zero-order valence-corrected chi connectivity index (χ0v) is 13.2. The Kier molecular flexibility index (Phi) is 5.50. The van der Waals surface area contributed by atoms with Gasteiger partial charge in [-0.3, -0.25) is 4.79 Å². The van der Waals surface area contributed by atoms with Crippen LogP contribution in [0.2, 0.25) is 10.0 Å². The molecule has 0 aliphatic carbocycles. The highest BCUT2D eigenvalue weighted by Gasteiger charge is 2.20. The van der Waals surface area contributed by atoms with Crippen molar-refractivity contribution >= 4 is 34.8 Å². The first-order chi connectivity index (χ1) is 8.73. The lowest BCUT2D eigenvalue weighted by Gasteiger charge is -2.26. The molecule has 3 nitrogen and oxygen atoms in total. The molecule has 2 N–H and O–H groups in total. The number of nitrogens with two attached hydrogens (primary N) is 1. The molecule has 0 radical (unpaired) electrons. The molecule has 0 aliphatic rings. The van der Waals surface area contributed by atoms with Crippen molar-refractivity contribution in [2.24, 2.45) is 5.92 Å². The summed E-state index contributed by atoms with van der Waals surface area (Å²) >= 11 is 11.8. The summed E-state index contributed by atoms with van der Waals surface area (Å²) in [6.07, 6.45) is 0.943. The largest absolute Gasteiger partial charge is 0.397 e. The van der Waals surface area contributed by atoms with Crippen molar-refractivity contribution in [2.45, 2.75) is 33.2 Å². The van der Waals surface area contributed by atoms with E-state index in [1.54, 1.807) is 24.1 Å². The molecule has 1 unspecified atom stereocenters. The van der Waals surface area contributed by atoms with Crippen LogP contribution in [0.15, 0.2) is 12.1 Å². The van der Waals surface area contributed by atoms with Gasteiger partial charge in [0, 0.05) is 18.7 Å². The quantitative estimate of drug-likeness (QED) is 0.852. The lowest BCUT2D eigenvalue weighted by Crippen LogP contribution is -2.35. The molecular weight excluding hydrogens is 283 g/mol. The third-order valence-corrected chi connectivity index (χ3v) is 3.91. The molecule has 1 atom stereocenters. The van der Waals surface area contributed by atoms with Gasteiger partial charge in [-0.05, 0) is 31.4 Å². The van der Waals surface area contributed by atoms with Crippen LogP contribution in [-0.2, 0) is 0 Å². The summed E-state index contributed by atoms with van der Waals surface area (Å²) in [4.78, 5) is 14.1. The Labute approximate surface area is 124 Å². The van der Waals surface area contributed by atoms with E-state index < -0.39 is 0 Å². The molecule has 0 spiro atoms. The summed E-state index contributed by atoms with van der Waals surface area (Å²) in [6, 6.07) is 3.28. The lowest BCUT2D eigenvalue weighted by molar-refractivity contribution is 0.0728. The third-order valence-electron chi connectivity index (χ3n) is 3.10. The van der Waals surface area contributed by atoms with Gasteiger partial charge in [-0.1, -0.05) is 37.0 Å². The molecule has 1 aromatic rings. The number of nitrogen functional groups attached to an aromatic ring is 1. The Morgan fingerprint density at radius 1 is 1.32 bits per heavy atom. The zero-order chi connectivity index (χ0) is 14.7. The molecule has 1 amide bonds. The molecule has 0 saturated carbocycles. The Bertz CT molecular complexity index is 452. The smallest absolute Gasteiger partial charge is 0.253 e. The molecule has 1 rings (SSSR count). The van der Waals surface area contributed by atoms with Crippen molar-refractivity contribution < 1.29 is 4.79 Å². The summed E-state index contributed by atoms with van der Waals surface area (Å²) in [5, 5.41) is 0.589. The van der Waals surface area contributed by atoms with Gasteiger partial charge in [0.15, 0.2) is 0 Å². The van der Waals surface area contributed by atoms with E-state index in [9.17, 15) is 4.79 Å². The Hall–Kier alpha value is -0.930. The number of hydrogen-bond donors (Lipinski definition) is 1. The molecule has 0 aliphatic heterocycles. The number of rotatable bonds is 4. The Balaban J connectivity index is 2.94. The molecule has 0 fully saturated rings. The SMILES string of the molecule is CC(C)CC(C)N(C)C(=O)c1cc(N)c(Cl)c(Cl)c1. The number of hydrogen-bond acceptors (Lipinski definition) is 2. The van der Waals surface area contributed by atoms with E-state index in [0.29, 0.717) is 22.2 Å². The Morgan fingerprint density at radius 2 is 1.89 bits per heavy atom. The third kappa shape index (κ3) is 4.02. The van der Waals surface area contributed by atoms with Crippen molar-refractivity contribution in [1.82, 2.24) is 4.90 Å². The van der Waals surface area contributed by atoms with E-state index in [4.69, 9.17) is 28.9 Å². The average Bonchev–Trinajstić information content (AvgIpc) is 2.32. The molecule has 1 aromatic carbocycles. The van der Waals surface area contributed by atoms with E-state index in [2.05, 4.69) is 13.8 Å². The zero-order valence-electron chi connectivity index (χ0n) is 11.7. The molecule has 0 saturated heterocycles. The highest BCUT2D eigenvalue weighted by molar-refractivity contribution is 6.43. The number of carbonyl (C=O) groups excluding carboxylic acids is 1. The van der Waals surface area contributed by atoms with Crippen molar-refractivity contribution in [3.63, 3.8) is 0 Å². The van der Waals surface area contributed by atoms with Crippen molar-refractivity contribution in [3.05, 3.63) is 27.7 Å². The molecule has 106 valence electrons. The summed E-state index contributed by atoms with van der Waals surface area (Å²) in [7, 11) is 1.79. The standard InChI is InChI=1S/C14H20Cl2N2O/c1-8(2)5-9(3)18(4)14(19)10-6-11(15)13(16)12(17)7-10/h6-9H,5,17H2,1-4H3.